The summed E-state index contributed by atoms with van der Waals surface area (Å²) < 4.78 is 32.1. The van der Waals surface area contributed by atoms with Gasteiger partial charge in [-0.1, -0.05) is 52.9 Å². The van der Waals surface area contributed by atoms with Crippen LogP contribution in [0, 0.1) is 12.8 Å². The second kappa shape index (κ2) is 10.5. The molecule has 1 aliphatic heterocycles. The van der Waals surface area contributed by atoms with Gasteiger partial charge in [0.15, 0.2) is 4.34 Å². The van der Waals surface area contributed by atoms with Crippen molar-refractivity contribution in [2.75, 3.05) is 31.3 Å². The number of esters is 1. The highest BCUT2D eigenvalue weighted by Gasteiger charge is 2.31. The number of carbonyl (C=O) groups excluding carboxylic acids is 2. The van der Waals surface area contributed by atoms with Crippen LogP contribution >= 0.6 is 23.1 Å². The van der Waals surface area contributed by atoms with Crippen LogP contribution < -0.4 is 5.32 Å². The van der Waals surface area contributed by atoms with Crippen LogP contribution in [-0.4, -0.2) is 60.7 Å². The molecular formula is C19H24N4O5S3. The van der Waals surface area contributed by atoms with Crippen molar-refractivity contribution in [3.8, 4) is 0 Å². The van der Waals surface area contributed by atoms with Gasteiger partial charge in [-0.25, -0.2) is 12.7 Å². The number of sulfonamides is 1. The number of benzene rings is 1. The number of piperidine rings is 1. The molecule has 0 saturated carbocycles. The van der Waals surface area contributed by atoms with Crippen molar-refractivity contribution in [2.24, 2.45) is 5.92 Å². The minimum absolute atomic E-state index is 0.0393. The maximum absolute atomic E-state index is 12.7. The smallest absolute Gasteiger partial charge is 0.316 e. The molecule has 0 radical (unpaired) electrons. The molecule has 0 atom stereocenters. The van der Waals surface area contributed by atoms with Crippen molar-refractivity contribution in [3.05, 3.63) is 35.4 Å². The summed E-state index contributed by atoms with van der Waals surface area (Å²) in [6.07, 6.45) is 0.892. The Kier molecular flexibility index (Phi) is 8.03. The third-order valence-corrected chi connectivity index (χ3v) is 8.62. The van der Waals surface area contributed by atoms with Gasteiger partial charge >= 0.3 is 5.97 Å². The molecule has 168 valence electrons. The number of rotatable bonds is 8. The fourth-order valence-corrected chi connectivity index (χ4v) is 6.34. The van der Waals surface area contributed by atoms with E-state index in [0.717, 1.165) is 11.1 Å². The van der Waals surface area contributed by atoms with Gasteiger partial charge in [-0.3, -0.25) is 9.59 Å². The molecule has 1 fully saturated rings. The summed E-state index contributed by atoms with van der Waals surface area (Å²) in [5.41, 5.74) is 1.78. The topological polar surface area (TPSA) is 119 Å². The fraction of sp³-hybridized carbons (Fsp3) is 0.474. The highest BCUT2D eigenvalue weighted by molar-refractivity contribution is 8.01. The summed E-state index contributed by atoms with van der Waals surface area (Å²) in [6.45, 7) is 2.55. The molecule has 2 heterocycles. The average Bonchev–Trinajstić information content (AvgIpc) is 3.19. The number of nitrogens with one attached hydrogen (secondary N) is 1. The number of nitrogens with zero attached hydrogens (tertiary/aromatic N) is 3. The highest BCUT2D eigenvalue weighted by atomic mass is 32.2. The summed E-state index contributed by atoms with van der Waals surface area (Å²) in [4.78, 5) is 23.7. The molecule has 1 amide bonds. The summed E-state index contributed by atoms with van der Waals surface area (Å²) in [7, 11) is -2.12. The van der Waals surface area contributed by atoms with Crippen LogP contribution in [0.5, 0.6) is 0 Å². The highest BCUT2D eigenvalue weighted by Crippen LogP contribution is 2.27. The van der Waals surface area contributed by atoms with Gasteiger partial charge in [0.05, 0.1) is 18.6 Å². The Morgan fingerprint density at radius 1 is 1.29 bits per heavy atom. The second-order valence-corrected chi connectivity index (χ2v) is 11.3. The van der Waals surface area contributed by atoms with E-state index in [0.29, 0.717) is 35.4 Å². The van der Waals surface area contributed by atoms with Gasteiger partial charge in [0, 0.05) is 19.0 Å². The quantitative estimate of drug-likeness (QED) is 0.344. The van der Waals surface area contributed by atoms with Crippen molar-refractivity contribution in [2.45, 2.75) is 29.9 Å². The molecule has 9 nitrogen and oxygen atoms in total. The summed E-state index contributed by atoms with van der Waals surface area (Å²) in [5.74, 6) is -0.775. The third kappa shape index (κ3) is 6.73. The van der Waals surface area contributed by atoms with E-state index in [1.54, 1.807) is 0 Å². The lowest BCUT2D eigenvalue weighted by atomic mass is 9.97. The van der Waals surface area contributed by atoms with Crippen LogP contribution in [0.25, 0.3) is 0 Å². The van der Waals surface area contributed by atoms with E-state index in [-0.39, 0.29) is 29.3 Å². The number of methoxy groups -OCH3 is 1. The first-order valence-corrected chi connectivity index (χ1v) is 13.1. The molecule has 31 heavy (non-hydrogen) atoms. The molecule has 1 N–H and O–H groups in total. The average molecular weight is 485 g/mol. The molecule has 0 spiro atoms. The lowest BCUT2D eigenvalue weighted by Crippen LogP contribution is -2.41. The molecule has 0 unspecified atom stereocenters. The largest absolute Gasteiger partial charge is 0.468 e. The van der Waals surface area contributed by atoms with Gasteiger partial charge < -0.3 is 10.1 Å². The SMILES string of the molecule is COC(=O)CSc1nnc(NC(=O)C2CCN(S(=O)(=O)Cc3cccc(C)c3)CC2)s1. The van der Waals surface area contributed by atoms with Crippen LogP contribution in [0.4, 0.5) is 5.13 Å². The minimum atomic E-state index is -3.43. The van der Waals surface area contributed by atoms with Crippen molar-refractivity contribution in [3.63, 3.8) is 0 Å². The van der Waals surface area contributed by atoms with Gasteiger partial charge in [-0.15, -0.1) is 10.2 Å². The number of aryl methyl sites for hydroxylation is 1. The van der Waals surface area contributed by atoms with Crippen molar-refractivity contribution in [1.82, 2.24) is 14.5 Å². The standard InChI is InChI=1S/C19H24N4O5S3/c1-13-4-3-5-14(10-13)12-31(26,27)23-8-6-15(7-9-23)17(25)20-18-21-22-19(30-18)29-11-16(24)28-2/h3-5,10,15H,6-9,11-12H2,1-2H3,(H,20,21,25). The molecule has 1 saturated heterocycles. The molecule has 0 bridgehead atoms. The summed E-state index contributed by atoms with van der Waals surface area (Å²) in [5, 5.41) is 10.9. The van der Waals surface area contributed by atoms with Crippen LogP contribution in [0.3, 0.4) is 0 Å². The van der Waals surface area contributed by atoms with E-state index >= 15 is 0 Å². The van der Waals surface area contributed by atoms with Crippen LogP contribution in [0.15, 0.2) is 28.6 Å². The lowest BCUT2D eigenvalue weighted by Gasteiger charge is -2.30. The Hall–Kier alpha value is -2.02. The summed E-state index contributed by atoms with van der Waals surface area (Å²) >= 11 is 2.37. The predicted octanol–water partition coefficient (Wildman–Crippen LogP) is 2.29. The van der Waals surface area contributed by atoms with E-state index in [1.807, 2.05) is 31.2 Å². The van der Waals surface area contributed by atoms with Gasteiger partial charge in [0.25, 0.3) is 0 Å². The molecule has 0 aliphatic carbocycles. The zero-order valence-corrected chi connectivity index (χ0v) is 19.7. The minimum Gasteiger partial charge on any atom is -0.468 e. The number of anilines is 1. The molecule has 3 rings (SSSR count). The lowest BCUT2D eigenvalue weighted by molar-refractivity contribution is -0.137. The molecule has 1 aromatic heterocycles. The summed E-state index contributed by atoms with van der Waals surface area (Å²) in [6, 6.07) is 7.46. The first-order valence-electron chi connectivity index (χ1n) is 9.64. The maximum Gasteiger partial charge on any atom is 0.316 e. The van der Waals surface area contributed by atoms with Gasteiger partial charge in [0.1, 0.15) is 0 Å². The van der Waals surface area contributed by atoms with E-state index < -0.39 is 10.0 Å². The number of thioether (sulfide) groups is 1. The zero-order valence-electron chi connectivity index (χ0n) is 17.2. The number of hydrogen-bond donors (Lipinski definition) is 1. The Bertz CT molecular complexity index is 1030. The zero-order chi connectivity index (χ0) is 22.4. The number of aromatic nitrogens is 2. The van der Waals surface area contributed by atoms with E-state index in [1.165, 1.54) is 34.5 Å². The Morgan fingerprint density at radius 2 is 2.03 bits per heavy atom. The van der Waals surface area contributed by atoms with Crippen molar-refractivity contribution >= 4 is 50.1 Å². The van der Waals surface area contributed by atoms with Crippen molar-refractivity contribution in [1.29, 1.82) is 0 Å². The Labute approximate surface area is 189 Å². The van der Waals surface area contributed by atoms with Gasteiger partial charge in [0.2, 0.25) is 21.1 Å². The second-order valence-electron chi connectivity index (χ2n) is 7.15. The fourth-order valence-electron chi connectivity index (χ4n) is 3.21. The molecule has 2 aromatic rings. The van der Waals surface area contributed by atoms with E-state index in [4.69, 9.17) is 0 Å². The molecule has 1 aliphatic rings. The van der Waals surface area contributed by atoms with Crippen LogP contribution in [0.1, 0.15) is 24.0 Å². The predicted molar refractivity (Wildman–Crippen MR) is 119 cm³/mol. The number of ether oxygens (including phenoxy) is 1. The maximum atomic E-state index is 12.7. The van der Waals surface area contributed by atoms with E-state index in [2.05, 4.69) is 20.3 Å². The number of hydrogen-bond acceptors (Lipinski definition) is 9. The first-order chi connectivity index (χ1) is 14.8. The Balaban J connectivity index is 1.49. The molecule has 12 heteroatoms. The van der Waals surface area contributed by atoms with Crippen LogP contribution in [0.2, 0.25) is 0 Å². The number of amides is 1. The molecular weight excluding hydrogens is 460 g/mol. The van der Waals surface area contributed by atoms with Crippen molar-refractivity contribution < 1.29 is 22.7 Å². The van der Waals surface area contributed by atoms with Gasteiger partial charge in [-0.2, -0.15) is 0 Å². The van der Waals surface area contributed by atoms with Crippen LogP contribution in [-0.2, 0) is 30.1 Å². The van der Waals surface area contributed by atoms with Gasteiger partial charge in [-0.05, 0) is 25.3 Å². The molecule has 1 aromatic carbocycles. The van der Waals surface area contributed by atoms with E-state index in [9.17, 15) is 18.0 Å². The monoisotopic (exact) mass is 484 g/mol. The third-order valence-electron chi connectivity index (χ3n) is 4.83. The number of carbonyl (C=O) groups is 2. The Morgan fingerprint density at radius 3 is 2.71 bits per heavy atom. The normalized spacial score (nSPS) is 15.5. The first kappa shape index (κ1) is 23.6.